The van der Waals surface area contributed by atoms with Crippen LogP contribution in [0.3, 0.4) is 0 Å². The largest absolute Gasteiger partial charge is 0.489 e. The second kappa shape index (κ2) is 13.6. The number of fused-ring (bicyclic) bond motifs is 1. The number of benzene rings is 1. The number of para-hydroxylation sites is 1. The van der Waals surface area contributed by atoms with Crippen molar-refractivity contribution < 1.29 is 18.6 Å². The highest BCUT2D eigenvalue weighted by Crippen LogP contribution is 2.37. The highest BCUT2D eigenvalue weighted by molar-refractivity contribution is 5.89. The van der Waals surface area contributed by atoms with Crippen molar-refractivity contribution in [1.82, 2.24) is 0 Å². The highest BCUT2D eigenvalue weighted by atomic mass is 16.5. The molecule has 33 heavy (non-hydrogen) atoms. The van der Waals surface area contributed by atoms with Crippen molar-refractivity contribution in [2.75, 3.05) is 13.2 Å². The molecule has 0 atom stereocenters. The minimum absolute atomic E-state index is 0.0903. The molecule has 0 spiro atoms. The smallest absolute Gasteiger partial charge is 0.383 e. The van der Waals surface area contributed by atoms with Gasteiger partial charge in [-0.25, -0.2) is 4.79 Å². The molecule has 0 aliphatic rings. The van der Waals surface area contributed by atoms with Crippen molar-refractivity contribution in [3.8, 4) is 17.2 Å². The summed E-state index contributed by atoms with van der Waals surface area (Å²) in [6.07, 6.45) is 12.0. The minimum Gasteiger partial charge on any atom is -0.489 e. The zero-order chi connectivity index (χ0) is 24.2. The molecule has 0 aliphatic heterocycles. The molecule has 1 aromatic carbocycles. The van der Waals surface area contributed by atoms with E-state index in [9.17, 15) is 4.79 Å². The number of ether oxygens (including phenoxy) is 3. The zero-order valence-corrected chi connectivity index (χ0v) is 20.9. The molecule has 0 saturated carbocycles. The van der Waals surface area contributed by atoms with Crippen LogP contribution in [0.5, 0.6) is 17.2 Å². The first-order valence-electron chi connectivity index (χ1n) is 11.8. The van der Waals surface area contributed by atoms with Crippen molar-refractivity contribution in [3.05, 3.63) is 64.1 Å². The Hall–Kier alpha value is -2.95. The van der Waals surface area contributed by atoms with Crippen molar-refractivity contribution in [2.24, 2.45) is 0 Å². The SMILES string of the molecule is CC/C=C/CCOc1cccc2c(OC(C)C)c(OC/C=C(\C)CCC=C(C)C)c(=O)oc12. The molecule has 0 amide bonds. The van der Waals surface area contributed by atoms with Gasteiger partial charge in [0.1, 0.15) is 6.61 Å². The Morgan fingerprint density at radius 2 is 1.82 bits per heavy atom. The van der Waals surface area contributed by atoms with Gasteiger partial charge in [-0.1, -0.05) is 42.4 Å². The molecule has 0 bridgehead atoms. The van der Waals surface area contributed by atoms with Crippen LogP contribution in [0.4, 0.5) is 0 Å². The minimum atomic E-state index is -0.573. The molecule has 180 valence electrons. The summed E-state index contributed by atoms with van der Waals surface area (Å²) >= 11 is 0. The molecular formula is C28H38O5. The van der Waals surface area contributed by atoms with Crippen molar-refractivity contribution >= 4 is 11.0 Å². The Balaban J connectivity index is 2.29. The molecular weight excluding hydrogens is 416 g/mol. The monoisotopic (exact) mass is 454 g/mol. The average Bonchev–Trinajstić information content (AvgIpc) is 2.75. The van der Waals surface area contributed by atoms with Crippen LogP contribution in [-0.4, -0.2) is 19.3 Å². The van der Waals surface area contributed by atoms with Gasteiger partial charge in [-0.15, -0.1) is 0 Å². The van der Waals surface area contributed by atoms with Gasteiger partial charge in [-0.05, 0) is 78.5 Å². The van der Waals surface area contributed by atoms with Crippen LogP contribution in [0.15, 0.2) is 62.9 Å². The van der Waals surface area contributed by atoms with Gasteiger partial charge in [0.2, 0.25) is 5.75 Å². The van der Waals surface area contributed by atoms with Crippen LogP contribution >= 0.6 is 0 Å². The van der Waals surface area contributed by atoms with E-state index in [1.54, 1.807) is 6.07 Å². The van der Waals surface area contributed by atoms with Crippen molar-refractivity contribution in [3.63, 3.8) is 0 Å². The van der Waals surface area contributed by atoms with E-state index in [1.807, 2.05) is 32.1 Å². The van der Waals surface area contributed by atoms with Crippen molar-refractivity contribution in [1.29, 1.82) is 0 Å². The zero-order valence-electron chi connectivity index (χ0n) is 20.9. The molecule has 0 aliphatic carbocycles. The van der Waals surface area contributed by atoms with Gasteiger partial charge >= 0.3 is 5.63 Å². The molecule has 0 N–H and O–H groups in total. The Bertz CT molecular complexity index is 1040. The molecule has 5 heteroatoms. The third-order valence-electron chi connectivity index (χ3n) is 4.86. The normalized spacial score (nSPS) is 11.9. The summed E-state index contributed by atoms with van der Waals surface area (Å²) in [6.45, 7) is 12.9. The quantitative estimate of drug-likeness (QED) is 0.179. The number of hydrogen-bond donors (Lipinski definition) is 0. The Morgan fingerprint density at radius 3 is 2.52 bits per heavy atom. The van der Waals surface area contributed by atoms with E-state index in [0.29, 0.717) is 29.1 Å². The van der Waals surface area contributed by atoms with Gasteiger partial charge in [0.15, 0.2) is 17.1 Å². The fraction of sp³-hybridized carbons (Fsp3) is 0.464. The summed E-state index contributed by atoms with van der Waals surface area (Å²) in [5.41, 5.74) is 2.31. The lowest BCUT2D eigenvalue weighted by atomic mass is 10.1. The van der Waals surface area contributed by atoms with E-state index in [1.165, 1.54) is 11.1 Å². The van der Waals surface area contributed by atoms with E-state index in [0.717, 1.165) is 25.7 Å². The van der Waals surface area contributed by atoms with Crippen LogP contribution in [0.1, 0.15) is 67.2 Å². The second-order valence-corrected chi connectivity index (χ2v) is 8.55. The topological polar surface area (TPSA) is 57.9 Å². The van der Waals surface area contributed by atoms with Gasteiger partial charge in [-0.3, -0.25) is 0 Å². The van der Waals surface area contributed by atoms with E-state index >= 15 is 0 Å². The van der Waals surface area contributed by atoms with Gasteiger partial charge in [0, 0.05) is 0 Å². The summed E-state index contributed by atoms with van der Waals surface area (Å²) < 4.78 is 23.4. The molecule has 2 rings (SSSR count). The van der Waals surface area contributed by atoms with Gasteiger partial charge in [0.05, 0.1) is 18.1 Å². The third kappa shape index (κ3) is 8.49. The van der Waals surface area contributed by atoms with E-state index < -0.39 is 5.63 Å². The molecule has 0 saturated heterocycles. The van der Waals surface area contributed by atoms with Gasteiger partial charge < -0.3 is 18.6 Å². The number of rotatable bonds is 13. The number of allylic oxidation sites excluding steroid dienone is 4. The molecule has 2 aromatic rings. The second-order valence-electron chi connectivity index (χ2n) is 8.55. The maximum atomic E-state index is 12.9. The third-order valence-corrected chi connectivity index (χ3v) is 4.86. The van der Waals surface area contributed by atoms with Crippen LogP contribution in [0.25, 0.3) is 11.0 Å². The van der Waals surface area contributed by atoms with Gasteiger partial charge in [0.25, 0.3) is 0 Å². The molecule has 1 aromatic heterocycles. The standard InChI is InChI=1S/C28H38O5/c1-7-8-9-10-18-30-24-16-12-15-23-25(24)33-28(29)27(26(23)32-21(4)5)31-19-17-22(6)14-11-13-20(2)3/h8-9,12-13,15-17,21H,7,10-11,14,18-19H2,1-6H3/b9-8+,22-17+. The predicted molar refractivity (Wildman–Crippen MR) is 136 cm³/mol. The van der Waals surface area contributed by atoms with Crippen molar-refractivity contribution in [2.45, 2.75) is 73.3 Å². The fourth-order valence-electron chi connectivity index (χ4n) is 3.22. The average molecular weight is 455 g/mol. The predicted octanol–water partition coefficient (Wildman–Crippen LogP) is 7.39. The lowest BCUT2D eigenvalue weighted by Crippen LogP contribution is -2.14. The van der Waals surface area contributed by atoms with E-state index in [-0.39, 0.29) is 18.5 Å². The van der Waals surface area contributed by atoms with Crippen LogP contribution < -0.4 is 19.8 Å². The Kier molecular flexibility index (Phi) is 10.8. The maximum Gasteiger partial charge on any atom is 0.383 e. The summed E-state index contributed by atoms with van der Waals surface area (Å²) in [4.78, 5) is 12.9. The number of hydrogen-bond acceptors (Lipinski definition) is 5. The Labute approximate surface area is 197 Å². The first-order chi connectivity index (χ1) is 15.8. The molecule has 0 radical (unpaired) electrons. The maximum absolute atomic E-state index is 12.9. The van der Waals surface area contributed by atoms with Crippen LogP contribution in [0, 0.1) is 0 Å². The van der Waals surface area contributed by atoms with E-state index in [4.69, 9.17) is 18.6 Å². The lowest BCUT2D eigenvalue weighted by molar-refractivity contribution is 0.224. The van der Waals surface area contributed by atoms with Crippen LogP contribution in [0.2, 0.25) is 0 Å². The van der Waals surface area contributed by atoms with Crippen LogP contribution in [-0.2, 0) is 0 Å². The summed E-state index contributed by atoms with van der Waals surface area (Å²) in [6, 6.07) is 5.52. The molecule has 1 heterocycles. The summed E-state index contributed by atoms with van der Waals surface area (Å²) in [7, 11) is 0. The highest BCUT2D eigenvalue weighted by Gasteiger charge is 2.21. The Morgan fingerprint density at radius 1 is 1.03 bits per heavy atom. The molecule has 0 fully saturated rings. The summed E-state index contributed by atoms with van der Waals surface area (Å²) in [5.74, 6) is 1.00. The van der Waals surface area contributed by atoms with E-state index in [2.05, 4.69) is 45.9 Å². The first kappa shape index (κ1) is 26.3. The molecule has 0 unspecified atom stereocenters. The fourth-order valence-corrected chi connectivity index (χ4v) is 3.22. The lowest BCUT2D eigenvalue weighted by Gasteiger charge is -2.16. The first-order valence-corrected chi connectivity index (χ1v) is 11.8. The van der Waals surface area contributed by atoms with Gasteiger partial charge in [-0.2, -0.15) is 0 Å². The summed E-state index contributed by atoms with van der Waals surface area (Å²) in [5, 5.41) is 0.657. The molecule has 5 nitrogen and oxygen atoms in total.